The topological polar surface area (TPSA) is 32.7 Å². The van der Waals surface area contributed by atoms with Gasteiger partial charge in [0, 0.05) is 27.4 Å². The zero-order valence-electron chi connectivity index (χ0n) is 12.2. The Hall–Kier alpha value is -1.30. The van der Waals surface area contributed by atoms with Crippen LogP contribution in [-0.4, -0.2) is 29.1 Å². The first-order valence-corrected chi connectivity index (χ1v) is 9.28. The molecule has 1 aliphatic heterocycles. The highest BCUT2D eigenvalue weighted by atomic mass is 79.9. The number of nitrogens with zero attached hydrogens (tertiary/aromatic N) is 2. The Bertz CT molecular complexity index is 731. The maximum absolute atomic E-state index is 12.6. The summed E-state index contributed by atoms with van der Waals surface area (Å²) in [7, 11) is 0. The van der Waals surface area contributed by atoms with Crippen molar-refractivity contribution in [2.75, 3.05) is 13.1 Å². The maximum Gasteiger partial charge on any atom is 0.259 e. The average molecular weight is 410 g/mol. The van der Waals surface area contributed by atoms with Crippen LogP contribution in [0.2, 0.25) is 5.02 Å². The summed E-state index contributed by atoms with van der Waals surface area (Å²) < 4.78 is 1.06. The number of amidine groups is 1. The SMILES string of the molecule is O=C(c1ccc(Cl)cc1)N1CCN=C1SCc1ccc(Br)cc1. The number of thioether (sulfide) groups is 1. The lowest BCUT2D eigenvalue weighted by atomic mass is 10.2. The van der Waals surface area contributed by atoms with E-state index in [1.807, 2.05) is 12.1 Å². The van der Waals surface area contributed by atoms with Gasteiger partial charge in [-0.2, -0.15) is 0 Å². The fourth-order valence-corrected chi connectivity index (χ4v) is 3.61. The molecule has 2 aromatic rings. The van der Waals surface area contributed by atoms with Gasteiger partial charge in [-0.25, -0.2) is 0 Å². The van der Waals surface area contributed by atoms with Crippen molar-refractivity contribution in [2.45, 2.75) is 5.75 Å². The Morgan fingerprint density at radius 3 is 2.57 bits per heavy atom. The van der Waals surface area contributed by atoms with E-state index < -0.39 is 0 Å². The number of carbonyl (C=O) groups is 1. The van der Waals surface area contributed by atoms with Crippen molar-refractivity contribution in [3.8, 4) is 0 Å². The Kier molecular flexibility index (Phi) is 5.41. The van der Waals surface area contributed by atoms with Gasteiger partial charge in [-0.05, 0) is 42.0 Å². The van der Waals surface area contributed by atoms with Crippen molar-refractivity contribution >= 4 is 50.4 Å². The lowest BCUT2D eigenvalue weighted by Crippen LogP contribution is -2.32. The van der Waals surface area contributed by atoms with Crippen LogP contribution in [0, 0.1) is 0 Å². The summed E-state index contributed by atoms with van der Waals surface area (Å²) in [6, 6.07) is 15.1. The summed E-state index contributed by atoms with van der Waals surface area (Å²) >= 11 is 10.9. The molecule has 0 atom stereocenters. The molecule has 6 heteroatoms. The fraction of sp³-hybridized carbons (Fsp3) is 0.176. The second-order valence-electron chi connectivity index (χ2n) is 5.04. The third-order valence-corrected chi connectivity index (χ3v) is 5.29. The van der Waals surface area contributed by atoms with Crippen molar-refractivity contribution < 1.29 is 4.79 Å². The summed E-state index contributed by atoms with van der Waals surface area (Å²) in [4.78, 5) is 18.8. The van der Waals surface area contributed by atoms with Crippen molar-refractivity contribution in [1.82, 2.24) is 4.90 Å². The smallest absolute Gasteiger partial charge is 0.259 e. The molecule has 0 aromatic heterocycles. The van der Waals surface area contributed by atoms with Gasteiger partial charge in [0.15, 0.2) is 5.17 Å². The molecule has 2 aromatic carbocycles. The van der Waals surface area contributed by atoms with E-state index in [0.29, 0.717) is 23.7 Å². The van der Waals surface area contributed by atoms with Crippen molar-refractivity contribution in [3.05, 3.63) is 69.2 Å². The molecule has 0 radical (unpaired) electrons. The molecule has 0 fully saturated rings. The summed E-state index contributed by atoms with van der Waals surface area (Å²) in [5, 5.41) is 1.41. The van der Waals surface area contributed by atoms with Gasteiger partial charge in [-0.3, -0.25) is 14.7 Å². The number of hydrogen-bond acceptors (Lipinski definition) is 3. The molecule has 23 heavy (non-hydrogen) atoms. The van der Waals surface area contributed by atoms with Crippen LogP contribution in [-0.2, 0) is 5.75 Å². The van der Waals surface area contributed by atoms with Gasteiger partial charge >= 0.3 is 0 Å². The van der Waals surface area contributed by atoms with E-state index in [9.17, 15) is 4.79 Å². The predicted octanol–water partition coefficient (Wildman–Crippen LogP) is 4.85. The molecule has 0 aliphatic carbocycles. The number of amides is 1. The molecule has 0 N–H and O–H groups in total. The number of halogens is 2. The van der Waals surface area contributed by atoms with Crippen molar-refractivity contribution in [2.24, 2.45) is 4.99 Å². The molecule has 1 heterocycles. The van der Waals surface area contributed by atoms with Crippen LogP contribution in [0.3, 0.4) is 0 Å². The molecular weight excluding hydrogens is 396 g/mol. The first-order chi connectivity index (χ1) is 11.1. The molecule has 0 unspecified atom stereocenters. The maximum atomic E-state index is 12.6. The molecule has 1 amide bonds. The second kappa shape index (κ2) is 7.51. The summed E-state index contributed by atoms with van der Waals surface area (Å²) in [6.45, 7) is 1.28. The van der Waals surface area contributed by atoms with Gasteiger partial charge in [-0.1, -0.05) is 51.4 Å². The Morgan fingerprint density at radius 2 is 1.87 bits per heavy atom. The number of aliphatic imine (C=N–C) groups is 1. The average Bonchev–Trinajstić information content (AvgIpc) is 3.03. The number of rotatable bonds is 3. The van der Waals surface area contributed by atoms with E-state index in [2.05, 4.69) is 33.1 Å². The molecule has 0 saturated heterocycles. The predicted molar refractivity (Wildman–Crippen MR) is 100 cm³/mol. The van der Waals surface area contributed by atoms with Crippen LogP contribution in [0.4, 0.5) is 0 Å². The van der Waals surface area contributed by atoms with Crippen LogP contribution in [0.15, 0.2) is 58.0 Å². The quantitative estimate of drug-likeness (QED) is 0.726. The summed E-state index contributed by atoms with van der Waals surface area (Å²) in [5.74, 6) is 0.762. The minimum atomic E-state index is -0.0266. The molecular formula is C17H14BrClN2OS. The van der Waals surface area contributed by atoms with Gasteiger partial charge in [0.1, 0.15) is 0 Å². The van der Waals surface area contributed by atoms with Gasteiger partial charge in [0.05, 0.1) is 6.54 Å². The van der Waals surface area contributed by atoms with Gasteiger partial charge < -0.3 is 0 Å². The van der Waals surface area contributed by atoms with Crippen LogP contribution >= 0.6 is 39.3 Å². The van der Waals surface area contributed by atoms with Crippen LogP contribution < -0.4 is 0 Å². The normalized spacial score (nSPS) is 14.0. The van der Waals surface area contributed by atoms with E-state index in [0.717, 1.165) is 15.4 Å². The fourth-order valence-electron chi connectivity index (χ4n) is 2.22. The van der Waals surface area contributed by atoms with Crippen molar-refractivity contribution in [1.29, 1.82) is 0 Å². The molecule has 118 valence electrons. The second-order valence-corrected chi connectivity index (χ2v) is 7.34. The standard InChI is InChI=1S/C17H14BrClN2OS/c18-14-5-1-12(2-6-14)11-23-17-20-9-10-21(17)16(22)13-3-7-15(19)8-4-13/h1-8H,9-11H2. The van der Waals surface area contributed by atoms with Gasteiger partial charge in [0.2, 0.25) is 0 Å². The minimum absolute atomic E-state index is 0.0266. The molecule has 3 rings (SSSR count). The number of benzene rings is 2. The van der Waals surface area contributed by atoms with Crippen LogP contribution in [0.5, 0.6) is 0 Å². The number of hydrogen-bond donors (Lipinski definition) is 0. The highest BCUT2D eigenvalue weighted by Gasteiger charge is 2.25. The van der Waals surface area contributed by atoms with E-state index in [-0.39, 0.29) is 5.91 Å². The largest absolute Gasteiger partial charge is 0.286 e. The van der Waals surface area contributed by atoms with Gasteiger partial charge in [0.25, 0.3) is 5.91 Å². The van der Waals surface area contributed by atoms with Crippen LogP contribution in [0.1, 0.15) is 15.9 Å². The highest BCUT2D eigenvalue weighted by Crippen LogP contribution is 2.22. The lowest BCUT2D eigenvalue weighted by Gasteiger charge is -2.18. The summed E-state index contributed by atoms with van der Waals surface area (Å²) in [6.07, 6.45) is 0. The molecule has 3 nitrogen and oxygen atoms in total. The monoisotopic (exact) mass is 408 g/mol. The molecule has 0 bridgehead atoms. The van der Waals surface area contributed by atoms with E-state index >= 15 is 0 Å². The minimum Gasteiger partial charge on any atom is -0.286 e. The Balaban J connectivity index is 1.66. The highest BCUT2D eigenvalue weighted by molar-refractivity contribution is 9.10. The van der Waals surface area contributed by atoms with Crippen LogP contribution in [0.25, 0.3) is 0 Å². The molecule has 0 saturated carbocycles. The third kappa shape index (κ3) is 4.16. The first-order valence-electron chi connectivity index (χ1n) is 7.12. The van der Waals surface area contributed by atoms with E-state index in [1.54, 1.807) is 40.9 Å². The van der Waals surface area contributed by atoms with E-state index in [4.69, 9.17) is 11.6 Å². The van der Waals surface area contributed by atoms with Crippen molar-refractivity contribution in [3.63, 3.8) is 0 Å². The zero-order valence-corrected chi connectivity index (χ0v) is 15.4. The number of carbonyl (C=O) groups excluding carboxylic acids is 1. The first kappa shape index (κ1) is 16.6. The third-order valence-electron chi connectivity index (χ3n) is 3.42. The lowest BCUT2D eigenvalue weighted by molar-refractivity contribution is 0.0860. The Labute approximate surface area is 152 Å². The molecule has 1 aliphatic rings. The Morgan fingerprint density at radius 1 is 1.17 bits per heavy atom. The van der Waals surface area contributed by atoms with Gasteiger partial charge in [-0.15, -0.1) is 0 Å². The molecule has 0 spiro atoms. The zero-order chi connectivity index (χ0) is 16.2. The van der Waals surface area contributed by atoms with E-state index in [1.165, 1.54) is 5.56 Å². The summed E-state index contributed by atoms with van der Waals surface area (Å²) in [5.41, 5.74) is 1.83.